The van der Waals surface area contributed by atoms with Gasteiger partial charge in [0.2, 0.25) is 0 Å². The summed E-state index contributed by atoms with van der Waals surface area (Å²) < 4.78 is 1.15. The highest BCUT2D eigenvalue weighted by molar-refractivity contribution is 14.1. The van der Waals surface area contributed by atoms with Crippen LogP contribution in [-0.2, 0) is 4.43 Å². The molecule has 9 heavy (non-hydrogen) atoms. The molecule has 0 aromatic heterocycles. The lowest BCUT2D eigenvalue weighted by Gasteiger charge is -1.97. The van der Waals surface area contributed by atoms with Crippen LogP contribution >= 0.6 is 22.6 Å². The summed E-state index contributed by atoms with van der Waals surface area (Å²) >= 11 is 2.40. The molecule has 0 unspecified atom stereocenters. The van der Waals surface area contributed by atoms with Crippen molar-refractivity contribution in [3.8, 4) is 0 Å². The Morgan fingerprint density at radius 2 is 2.00 bits per heavy atom. The predicted molar refractivity (Wildman–Crippen MR) is 53.7 cm³/mol. The van der Waals surface area contributed by atoms with E-state index in [0.29, 0.717) is 0 Å². The van der Waals surface area contributed by atoms with E-state index in [1.807, 2.05) is 0 Å². The van der Waals surface area contributed by atoms with Crippen molar-refractivity contribution in [3.63, 3.8) is 0 Å². The maximum atomic E-state index is 2.40. The van der Waals surface area contributed by atoms with Gasteiger partial charge in [-0.15, -0.1) is 0 Å². The molecule has 0 bridgehead atoms. The molecule has 48 valence electrons. The van der Waals surface area contributed by atoms with E-state index in [9.17, 15) is 0 Å². The van der Waals surface area contributed by atoms with E-state index >= 15 is 0 Å². The molecule has 0 nitrogen and oxygen atoms in total. The quantitative estimate of drug-likeness (QED) is 0.388. The van der Waals surface area contributed by atoms with Crippen LogP contribution in [0.5, 0.6) is 0 Å². The minimum Gasteiger partial charge on any atom is -0.0812 e. The number of rotatable bonds is 1. The predicted octanol–water partition coefficient (Wildman–Crippen LogP) is 0.612. The van der Waals surface area contributed by atoms with Crippen molar-refractivity contribution in [1.29, 1.82) is 0 Å². The lowest BCUT2D eigenvalue weighted by molar-refractivity contribution is 1.50. The van der Waals surface area contributed by atoms with Crippen LogP contribution in [0.3, 0.4) is 0 Å². The highest BCUT2D eigenvalue weighted by Crippen LogP contribution is 2.00. The largest absolute Gasteiger partial charge is 0.0812 e. The van der Waals surface area contributed by atoms with E-state index < -0.39 is 0 Å². The first kappa shape index (κ1) is 7.28. The standard InChI is InChI=1S/C7H9ISi/c8-5-6-3-1-2-4-7(6)9/h1-4H,5H2,9H3. The molecule has 1 aromatic rings. The van der Waals surface area contributed by atoms with Crippen molar-refractivity contribution in [2.24, 2.45) is 0 Å². The lowest BCUT2D eigenvalue weighted by atomic mass is 10.2. The van der Waals surface area contributed by atoms with Gasteiger partial charge in [0, 0.05) is 14.7 Å². The summed E-state index contributed by atoms with van der Waals surface area (Å²) in [6.07, 6.45) is 0. The van der Waals surface area contributed by atoms with E-state index in [0.717, 1.165) is 4.43 Å². The van der Waals surface area contributed by atoms with Crippen molar-refractivity contribution in [3.05, 3.63) is 29.8 Å². The molecule has 0 spiro atoms. The first-order valence-corrected chi connectivity index (χ1v) is 5.47. The Morgan fingerprint density at radius 1 is 1.33 bits per heavy atom. The van der Waals surface area contributed by atoms with Gasteiger partial charge in [-0.1, -0.05) is 52.0 Å². The average molecular weight is 248 g/mol. The van der Waals surface area contributed by atoms with Crippen LogP contribution in [0.4, 0.5) is 0 Å². The number of halogens is 1. The van der Waals surface area contributed by atoms with Crippen LogP contribution in [0.1, 0.15) is 5.56 Å². The summed E-state index contributed by atoms with van der Waals surface area (Å²) in [6, 6.07) is 8.63. The summed E-state index contributed by atoms with van der Waals surface area (Å²) in [7, 11) is 1.18. The number of alkyl halides is 1. The number of benzene rings is 1. The topological polar surface area (TPSA) is 0 Å². The third kappa shape index (κ3) is 1.79. The maximum Gasteiger partial charge on any atom is 0.0388 e. The zero-order valence-electron chi connectivity index (χ0n) is 5.39. The molecule has 1 rings (SSSR count). The second kappa shape index (κ2) is 3.36. The molecule has 0 radical (unpaired) electrons. The van der Waals surface area contributed by atoms with Gasteiger partial charge in [-0.05, 0) is 5.56 Å². The summed E-state index contributed by atoms with van der Waals surface area (Å²) in [5.41, 5.74) is 1.50. The van der Waals surface area contributed by atoms with Crippen LogP contribution < -0.4 is 5.19 Å². The van der Waals surface area contributed by atoms with Gasteiger partial charge >= 0.3 is 0 Å². The molecule has 0 saturated carbocycles. The summed E-state index contributed by atoms with van der Waals surface area (Å²) in [5, 5.41) is 1.53. The molecule has 0 N–H and O–H groups in total. The highest BCUT2D eigenvalue weighted by Gasteiger charge is 1.90. The van der Waals surface area contributed by atoms with E-state index in [1.54, 1.807) is 0 Å². The molecule has 1 aromatic carbocycles. The molecule has 2 heteroatoms. The molecule has 0 amide bonds. The number of hydrogen-bond donors (Lipinski definition) is 0. The molecular formula is C7H9ISi. The normalized spacial score (nSPS) is 9.89. The molecule has 0 aliphatic rings. The fraction of sp³-hybridized carbons (Fsp3) is 0.143. The fourth-order valence-electron chi connectivity index (χ4n) is 0.760. The van der Waals surface area contributed by atoms with Gasteiger partial charge in [-0.25, -0.2) is 0 Å². The van der Waals surface area contributed by atoms with Crippen molar-refractivity contribution in [2.45, 2.75) is 4.43 Å². The Hall–Kier alpha value is 0.167. The minimum absolute atomic E-state index is 1.15. The Labute approximate surface area is 72.2 Å². The van der Waals surface area contributed by atoms with E-state index in [1.165, 1.54) is 21.0 Å². The van der Waals surface area contributed by atoms with Gasteiger partial charge in [0.15, 0.2) is 0 Å². The van der Waals surface area contributed by atoms with Crippen molar-refractivity contribution in [1.82, 2.24) is 0 Å². The van der Waals surface area contributed by atoms with Gasteiger partial charge in [0.1, 0.15) is 0 Å². The van der Waals surface area contributed by atoms with Crippen LogP contribution in [-0.4, -0.2) is 10.2 Å². The molecule has 0 fully saturated rings. The van der Waals surface area contributed by atoms with Crippen molar-refractivity contribution >= 4 is 38.0 Å². The van der Waals surface area contributed by atoms with Gasteiger partial charge < -0.3 is 0 Å². The zero-order chi connectivity index (χ0) is 6.69. The average Bonchev–Trinajstić information content (AvgIpc) is 1.89. The second-order valence-electron chi connectivity index (χ2n) is 2.06. The van der Waals surface area contributed by atoms with Gasteiger partial charge in [0.05, 0.1) is 0 Å². The Kier molecular flexibility index (Phi) is 2.72. The van der Waals surface area contributed by atoms with Gasteiger partial charge in [0.25, 0.3) is 0 Å². The van der Waals surface area contributed by atoms with Crippen LogP contribution in [0.25, 0.3) is 0 Å². The third-order valence-corrected chi connectivity index (χ3v) is 3.20. The Balaban J connectivity index is 3.01. The summed E-state index contributed by atoms with van der Waals surface area (Å²) in [5.74, 6) is 0. The molecule has 0 heterocycles. The smallest absolute Gasteiger partial charge is 0.0388 e. The van der Waals surface area contributed by atoms with E-state index in [2.05, 4.69) is 46.9 Å². The third-order valence-electron chi connectivity index (χ3n) is 1.41. The van der Waals surface area contributed by atoms with Gasteiger partial charge in [-0.2, -0.15) is 0 Å². The van der Waals surface area contributed by atoms with Crippen LogP contribution in [0, 0.1) is 0 Å². The van der Waals surface area contributed by atoms with Crippen LogP contribution in [0.2, 0.25) is 0 Å². The lowest BCUT2D eigenvalue weighted by Crippen LogP contribution is -2.06. The summed E-state index contributed by atoms with van der Waals surface area (Å²) in [6.45, 7) is 0. The number of hydrogen-bond acceptors (Lipinski definition) is 0. The van der Waals surface area contributed by atoms with E-state index in [-0.39, 0.29) is 0 Å². The molecule has 0 aliphatic carbocycles. The Bertz CT molecular complexity index is 198. The fourth-order valence-corrected chi connectivity index (χ4v) is 2.87. The molecule has 0 saturated heterocycles. The van der Waals surface area contributed by atoms with Crippen molar-refractivity contribution < 1.29 is 0 Å². The molecular weight excluding hydrogens is 239 g/mol. The van der Waals surface area contributed by atoms with Gasteiger partial charge in [-0.3, -0.25) is 0 Å². The summed E-state index contributed by atoms with van der Waals surface area (Å²) in [4.78, 5) is 0. The second-order valence-corrected chi connectivity index (χ2v) is 3.90. The highest BCUT2D eigenvalue weighted by atomic mass is 127. The monoisotopic (exact) mass is 248 g/mol. The first-order chi connectivity index (χ1) is 4.34. The van der Waals surface area contributed by atoms with Crippen molar-refractivity contribution in [2.75, 3.05) is 0 Å². The molecule has 0 atom stereocenters. The maximum absolute atomic E-state index is 2.40. The zero-order valence-corrected chi connectivity index (χ0v) is 9.55. The molecule has 0 aliphatic heterocycles. The Morgan fingerprint density at radius 3 is 2.44 bits per heavy atom. The minimum atomic E-state index is 1.15. The first-order valence-electron chi connectivity index (χ1n) is 2.95. The SMILES string of the molecule is [SiH3]c1ccccc1CI. The van der Waals surface area contributed by atoms with E-state index in [4.69, 9.17) is 0 Å². The van der Waals surface area contributed by atoms with Crippen LogP contribution in [0.15, 0.2) is 24.3 Å².